The standard InChI is InChI=1S/C8H15N.C2H2O4/c1-5-7-9(4)8(3)6-2;3-1(4)2(5)6/h1,8H,6-7H2,2-4H3;(H,3,4)(H,5,6)/t8-;/m1./s1. The lowest BCUT2D eigenvalue weighted by molar-refractivity contribution is -0.159. The average Bonchev–Trinajstić information content (AvgIpc) is 2.17. The number of carbonyl (C=O) groups is 2. The molecule has 0 aliphatic heterocycles. The maximum absolute atomic E-state index is 9.10. The average molecular weight is 215 g/mol. The second kappa shape index (κ2) is 9.03. The largest absolute Gasteiger partial charge is 0.473 e. The van der Waals surface area contributed by atoms with Crippen molar-refractivity contribution in [1.82, 2.24) is 4.90 Å². The molecule has 0 unspecified atom stereocenters. The third-order valence-electron chi connectivity index (χ3n) is 1.87. The number of carboxylic acids is 2. The topological polar surface area (TPSA) is 77.8 Å². The molecule has 0 aliphatic rings. The SMILES string of the molecule is C#CCN(C)[C@H](C)CC.O=C(O)C(=O)O. The molecule has 0 aromatic rings. The molecule has 0 aliphatic carbocycles. The van der Waals surface area contributed by atoms with Crippen molar-refractivity contribution in [3.63, 3.8) is 0 Å². The molecule has 0 saturated heterocycles. The first-order chi connectivity index (χ1) is 6.86. The maximum Gasteiger partial charge on any atom is 0.414 e. The lowest BCUT2D eigenvalue weighted by Crippen LogP contribution is -2.28. The summed E-state index contributed by atoms with van der Waals surface area (Å²) < 4.78 is 0. The Bertz CT molecular complexity index is 232. The van der Waals surface area contributed by atoms with E-state index in [1.807, 2.05) is 7.05 Å². The van der Waals surface area contributed by atoms with Crippen molar-refractivity contribution in [3.05, 3.63) is 0 Å². The number of carboxylic acid groups (broad SMARTS) is 2. The van der Waals surface area contributed by atoms with E-state index in [1.54, 1.807) is 0 Å². The highest BCUT2D eigenvalue weighted by Crippen LogP contribution is 1.97. The summed E-state index contributed by atoms with van der Waals surface area (Å²) in [4.78, 5) is 20.4. The zero-order valence-corrected chi connectivity index (χ0v) is 9.23. The predicted octanol–water partition coefficient (Wildman–Crippen LogP) is 0.505. The molecule has 86 valence electrons. The Hall–Kier alpha value is -1.54. The highest BCUT2D eigenvalue weighted by Gasteiger charge is 2.04. The molecule has 0 fully saturated rings. The van der Waals surface area contributed by atoms with Gasteiger partial charge in [0, 0.05) is 6.04 Å². The highest BCUT2D eigenvalue weighted by molar-refractivity contribution is 6.27. The van der Waals surface area contributed by atoms with Crippen molar-refractivity contribution < 1.29 is 19.8 Å². The van der Waals surface area contributed by atoms with Gasteiger partial charge in [-0.25, -0.2) is 9.59 Å². The molecule has 0 rings (SSSR count). The van der Waals surface area contributed by atoms with E-state index in [2.05, 4.69) is 24.7 Å². The Morgan fingerprint density at radius 3 is 2.00 bits per heavy atom. The van der Waals surface area contributed by atoms with Crippen LogP contribution in [0.1, 0.15) is 20.3 Å². The molecule has 0 heterocycles. The van der Waals surface area contributed by atoms with Gasteiger partial charge in [-0.1, -0.05) is 12.8 Å². The van der Waals surface area contributed by atoms with Crippen molar-refractivity contribution in [2.24, 2.45) is 0 Å². The molecule has 0 aromatic heterocycles. The summed E-state index contributed by atoms with van der Waals surface area (Å²) in [5, 5.41) is 14.8. The van der Waals surface area contributed by atoms with E-state index in [9.17, 15) is 0 Å². The second-order valence-corrected chi connectivity index (χ2v) is 2.99. The van der Waals surface area contributed by atoms with Crippen LogP contribution in [0.4, 0.5) is 0 Å². The predicted molar refractivity (Wildman–Crippen MR) is 56.5 cm³/mol. The van der Waals surface area contributed by atoms with Gasteiger partial charge < -0.3 is 10.2 Å². The van der Waals surface area contributed by atoms with Crippen LogP contribution >= 0.6 is 0 Å². The van der Waals surface area contributed by atoms with Gasteiger partial charge in [-0.2, -0.15) is 0 Å². The van der Waals surface area contributed by atoms with Crippen molar-refractivity contribution in [2.75, 3.05) is 13.6 Å². The quantitative estimate of drug-likeness (QED) is 0.529. The summed E-state index contributed by atoms with van der Waals surface area (Å²) in [5.41, 5.74) is 0. The molecule has 0 radical (unpaired) electrons. The molecular weight excluding hydrogens is 198 g/mol. The fourth-order valence-corrected chi connectivity index (χ4v) is 0.612. The summed E-state index contributed by atoms with van der Waals surface area (Å²) in [6.07, 6.45) is 6.30. The molecule has 0 aromatic carbocycles. The molecule has 15 heavy (non-hydrogen) atoms. The van der Waals surface area contributed by atoms with Crippen molar-refractivity contribution in [3.8, 4) is 12.3 Å². The van der Waals surface area contributed by atoms with Gasteiger partial charge >= 0.3 is 11.9 Å². The Kier molecular flexibility index (Phi) is 9.58. The molecule has 0 saturated carbocycles. The van der Waals surface area contributed by atoms with E-state index >= 15 is 0 Å². The number of rotatable bonds is 3. The summed E-state index contributed by atoms with van der Waals surface area (Å²) in [5.74, 6) is -1.04. The Morgan fingerprint density at radius 1 is 1.40 bits per heavy atom. The second-order valence-electron chi connectivity index (χ2n) is 2.99. The molecular formula is C10H17NO4. The van der Waals surface area contributed by atoms with Crippen LogP contribution < -0.4 is 0 Å². The number of hydrogen-bond donors (Lipinski definition) is 2. The van der Waals surface area contributed by atoms with Gasteiger partial charge in [0.1, 0.15) is 0 Å². The summed E-state index contributed by atoms with van der Waals surface area (Å²) in [6, 6.07) is 0.612. The van der Waals surface area contributed by atoms with Crippen molar-refractivity contribution in [2.45, 2.75) is 26.3 Å². The van der Waals surface area contributed by atoms with Crippen LogP contribution in [0.3, 0.4) is 0 Å². The first kappa shape index (κ1) is 15.9. The first-order valence-corrected chi connectivity index (χ1v) is 4.46. The van der Waals surface area contributed by atoms with Gasteiger partial charge in [-0.15, -0.1) is 6.42 Å². The smallest absolute Gasteiger partial charge is 0.414 e. The molecule has 0 bridgehead atoms. The van der Waals surface area contributed by atoms with Crippen molar-refractivity contribution >= 4 is 11.9 Å². The van der Waals surface area contributed by atoms with E-state index in [1.165, 1.54) is 0 Å². The highest BCUT2D eigenvalue weighted by atomic mass is 16.4. The monoisotopic (exact) mass is 215 g/mol. The van der Waals surface area contributed by atoms with Crippen LogP contribution in [-0.2, 0) is 9.59 Å². The minimum atomic E-state index is -1.82. The van der Waals surface area contributed by atoms with Gasteiger partial charge in [-0.05, 0) is 20.4 Å². The zero-order valence-electron chi connectivity index (χ0n) is 9.23. The lowest BCUT2D eigenvalue weighted by atomic mass is 10.2. The van der Waals surface area contributed by atoms with E-state index in [-0.39, 0.29) is 0 Å². The zero-order chi connectivity index (χ0) is 12.4. The van der Waals surface area contributed by atoms with Crippen LogP contribution in [0, 0.1) is 12.3 Å². The van der Waals surface area contributed by atoms with E-state index in [0.717, 1.165) is 13.0 Å². The number of aliphatic carboxylic acids is 2. The fraction of sp³-hybridized carbons (Fsp3) is 0.600. The van der Waals surface area contributed by atoms with Gasteiger partial charge in [0.2, 0.25) is 0 Å². The summed E-state index contributed by atoms with van der Waals surface area (Å²) in [7, 11) is 2.05. The third kappa shape index (κ3) is 10.4. The third-order valence-corrected chi connectivity index (χ3v) is 1.87. The molecule has 1 atom stereocenters. The Morgan fingerprint density at radius 2 is 1.80 bits per heavy atom. The number of hydrogen-bond acceptors (Lipinski definition) is 3. The molecule has 0 amide bonds. The minimum absolute atomic E-state index is 0.612. The van der Waals surface area contributed by atoms with E-state index in [4.69, 9.17) is 26.2 Å². The molecule has 5 nitrogen and oxygen atoms in total. The molecule has 2 N–H and O–H groups in total. The lowest BCUT2D eigenvalue weighted by Gasteiger charge is -2.20. The van der Waals surface area contributed by atoms with Gasteiger partial charge in [0.25, 0.3) is 0 Å². The molecule has 5 heteroatoms. The van der Waals surface area contributed by atoms with Gasteiger partial charge in [0.15, 0.2) is 0 Å². The van der Waals surface area contributed by atoms with E-state index in [0.29, 0.717) is 6.04 Å². The number of nitrogens with zero attached hydrogens (tertiary/aromatic N) is 1. The maximum atomic E-state index is 9.10. The van der Waals surface area contributed by atoms with Crippen LogP contribution in [-0.4, -0.2) is 46.7 Å². The van der Waals surface area contributed by atoms with Crippen LogP contribution in [0.25, 0.3) is 0 Å². The normalized spacial score (nSPS) is 10.9. The van der Waals surface area contributed by atoms with Crippen LogP contribution in [0.2, 0.25) is 0 Å². The van der Waals surface area contributed by atoms with E-state index < -0.39 is 11.9 Å². The Labute approximate surface area is 89.7 Å². The van der Waals surface area contributed by atoms with Crippen LogP contribution in [0.15, 0.2) is 0 Å². The Balaban J connectivity index is 0. The molecule has 0 spiro atoms. The van der Waals surface area contributed by atoms with Gasteiger partial charge in [0.05, 0.1) is 6.54 Å². The minimum Gasteiger partial charge on any atom is -0.473 e. The number of terminal acetylenes is 1. The van der Waals surface area contributed by atoms with Crippen LogP contribution in [0.5, 0.6) is 0 Å². The summed E-state index contributed by atoms with van der Waals surface area (Å²) in [6.45, 7) is 5.10. The summed E-state index contributed by atoms with van der Waals surface area (Å²) >= 11 is 0. The van der Waals surface area contributed by atoms with Crippen molar-refractivity contribution in [1.29, 1.82) is 0 Å². The fourth-order valence-electron chi connectivity index (χ4n) is 0.612. The van der Waals surface area contributed by atoms with Gasteiger partial charge in [-0.3, -0.25) is 4.90 Å². The first-order valence-electron chi connectivity index (χ1n) is 4.46.